The molecule has 5 rings (SSSR count). The Kier molecular flexibility index (Phi) is 7.19. The summed E-state index contributed by atoms with van der Waals surface area (Å²) in [5.74, 6) is -1.16. The molecule has 2 heterocycles. The molecule has 1 amide bonds. The quantitative estimate of drug-likeness (QED) is 0.403. The predicted octanol–water partition coefficient (Wildman–Crippen LogP) is 4.69. The third-order valence-electron chi connectivity index (χ3n) is 7.62. The maximum atomic E-state index is 12.8. The average Bonchev–Trinajstić information content (AvgIpc) is 3.18. The number of β-lactam (4-membered cyclic amide) rings is 1. The van der Waals surface area contributed by atoms with Crippen molar-refractivity contribution in [2.45, 2.75) is 44.9 Å². The Morgan fingerprint density at radius 3 is 2.44 bits per heavy atom. The van der Waals surface area contributed by atoms with Crippen molar-refractivity contribution in [3.05, 3.63) is 77.5 Å². The number of thiocarbonyl (C=S) groups is 1. The first-order chi connectivity index (χ1) is 17.4. The lowest BCUT2D eigenvalue weighted by Gasteiger charge is -2.47. The van der Waals surface area contributed by atoms with E-state index >= 15 is 0 Å². The summed E-state index contributed by atoms with van der Waals surface area (Å²) >= 11 is 7.49. The van der Waals surface area contributed by atoms with Gasteiger partial charge in [-0.05, 0) is 49.0 Å². The molecule has 188 valence electrons. The molecule has 1 saturated carbocycles. The number of anilines is 1. The van der Waals surface area contributed by atoms with Gasteiger partial charge < -0.3 is 20.0 Å². The number of aliphatic hydroxyl groups excluding tert-OH is 1. The average molecular weight is 523 g/mol. The topological polar surface area (TPSA) is 81.1 Å². The van der Waals surface area contributed by atoms with Crippen LogP contribution in [0.3, 0.4) is 0 Å². The van der Waals surface area contributed by atoms with Crippen LogP contribution < -0.4 is 4.90 Å². The highest BCUT2D eigenvalue weighted by Gasteiger charge is 2.62. The second kappa shape index (κ2) is 10.4. The van der Waals surface area contributed by atoms with E-state index in [9.17, 15) is 19.8 Å². The number of para-hydroxylation sites is 1. The van der Waals surface area contributed by atoms with Crippen LogP contribution in [0.5, 0.6) is 0 Å². The minimum atomic E-state index is -1.05. The number of carboxylic acid groups (broad SMARTS) is 1. The number of carboxylic acids is 1. The molecule has 0 unspecified atom stereocenters. The Hall–Kier alpha value is -2.68. The lowest BCUT2D eigenvalue weighted by molar-refractivity contribution is -0.163. The van der Waals surface area contributed by atoms with Crippen LogP contribution in [-0.4, -0.2) is 49.2 Å². The molecule has 0 radical (unpaired) electrons. The van der Waals surface area contributed by atoms with Gasteiger partial charge in [-0.3, -0.25) is 4.79 Å². The molecule has 1 saturated heterocycles. The summed E-state index contributed by atoms with van der Waals surface area (Å²) in [6.07, 6.45) is 1.90. The van der Waals surface area contributed by atoms with Gasteiger partial charge in [0, 0.05) is 23.9 Å². The fourth-order valence-electron chi connectivity index (χ4n) is 6.06. The molecule has 8 heteroatoms. The normalized spacial score (nSPS) is 25.6. The molecule has 0 aromatic heterocycles. The highest BCUT2D eigenvalue weighted by molar-refractivity contribution is 8.23. The van der Waals surface area contributed by atoms with Gasteiger partial charge in [0.15, 0.2) is 0 Å². The van der Waals surface area contributed by atoms with Crippen molar-refractivity contribution in [1.29, 1.82) is 0 Å². The molecule has 2 fully saturated rings. The van der Waals surface area contributed by atoms with Crippen LogP contribution in [0.15, 0.2) is 71.9 Å². The molecule has 6 nitrogen and oxygen atoms in total. The van der Waals surface area contributed by atoms with Crippen LogP contribution in [0.1, 0.15) is 31.7 Å². The first-order valence-electron chi connectivity index (χ1n) is 12.4. The zero-order chi connectivity index (χ0) is 25.4. The van der Waals surface area contributed by atoms with Crippen LogP contribution in [0.25, 0.3) is 0 Å². The summed E-state index contributed by atoms with van der Waals surface area (Å²) in [4.78, 5) is 28.6. The van der Waals surface area contributed by atoms with Crippen molar-refractivity contribution in [3.8, 4) is 0 Å². The summed E-state index contributed by atoms with van der Waals surface area (Å²) in [5.41, 5.74) is 3.19. The largest absolute Gasteiger partial charge is 0.477 e. The van der Waals surface area contributed by atoms with Crippen molar-refractivity contribution in [2.24, 2.45) is 17.8 Å². The number of carbonyl (C=O) groups is 2. The Morgan fingerprint density at radius 1 is 1.14 bits per heavy atom. The number of aliphatic carboxylic acids is 1. The Labute approximate surface area is 221 Å². The zero-order valence-electron chi connectivity index (χ0n) is 20.1. The number of hydrogen-bond donors (Lipinski definition) is 2. The number of benzene rings is 2. The van der Waals surface area contributed by atoms with E-state index < -0.39 is 18.0 Å². The number of nitrogens with zero attached hydrogens (tertiary/aromatic N) is 2. The van der Waals surface area contributed by atoms with Crippen molar-refractivity contribution in [1.82, 2.24) is 4.90 Å². The van der Waals surface area contributed by atoms with E-state index in [1.54, 1.807) is 18.7 Å². The first-order valence-corrected chi connectivity index (χ1v) is 13.8. The fourth-order valence-corrected chi connectivity index (χ4v) is 7.45. The molecule has 3 aliphatic rings. The number of hydrogen-bond acceptors (Lipinski definition) is 5. The molecule has 1 aliphatic carbocycles. The van der Waals surface area contributed by atoms with E-state index in [0.717, 1.165) is 40.4 Å². The Bertz CT molecular complexity index is 1180. The molecule has 0 bridgehead atoms. The highest BCUT2D eigenvalue weighted by atomic mass is 32.2. The summed E-state index contributed by atoms with van der Waals surface area (Å²) in [6, 6.07) is 20.0. The van der Waals surface area contributed by atoms with Gasteiger partial charge in [0.1, 0.15) is 10.0 Å². The van der Waals surface area contributed by atoms with Gasteiger partial charge in [0.25, 0.3) is 0 Å². The minimum absolute atomic E-state index is 0.00383. The van der Waals surface area contributed by atoms with Gasteiger partial charge in [0.2, 0.25) is 5.91 Å². The maximum absolute atomic E-state index is 12.8. The van der Waals surface area contributed by atoms with E-state index in [1.807, 2.05) is 48.5 Å². The van der Waals surface area contributed by atoms with E-state index in [0.29, 0.717) is 12.3 Å². The van der Waals surface area contributed by atoms with Gasteiger partial charge in [0.05, 0.1) is 18.1 Å². The number of fused-ring (bicyclic) bond motifs is 3. The third-order valence-corrected chi connectivity index (χ3v) is 9.23. The van der Waals surface area contributed by atoms with Gasteiger partial charge in [-0.2, -0.15) is 0 Å². The molecule has 0 spiro atoms. The van der Waals surface area contributed by atoms with Crippen LogP contribution in [-0.2, 0) is 16.1 Å². The monoisotopic (exact) mass is 522 g/mol. The number of aliphatic hydroxyl groups is 1. The van der Waals surface area contributed by atoms with Crippen LogP contribution >= 0.6 is 24.0 Å². The van der Waals surface area contributed by atoms with Crippen LogP contribution in [0, 0.1) is 17.8 Å². The summed E-state index contributed by atoms with van der Waals surface area (Å²) < 4.78 is 0.740. The summed E-state index contributed by atoms with van der Waals surface area (Å²) in [7, 11) is 0. The Balaban J connectivity index is 1.37. The number of rotatable bonds is 7. The molecule has 5 atom stereocenters. The van der Waals surface area contributed by atoms with Gasteiger partial charge >= 0.3 is 5.97 Å². The highest BCUT2D eigenvalue weighted by Crippen LogP contribution is 2.54. The fraction of sp³-hybridized carbons (Fsp3) is 0.393. The van der Waals surface area contributed by atoms with E-state index in [4.69, 9.17) is 12.2 Å². The van der Waals surface area contributed by atoms with E-state index in [2.05, 4.69) is 17.0 Å². The van der Waals surface area contributed by atoms with E-state index in [1.165, 1.54) is 4.90 Å². The van der Waals surface area contributed by atoms with Crippen LogP contribution in [0.4, 0.5) is 5.69 Å². The maximum Gasteiger partial charge on any atom is 0.352 e. The van der Waals surface area contributed by atoms with Crippen molar-refractivity contribution >= 4 is 45.9 Å². The van der Waals surface area contributed by atoms with Gasteiger partial charge in [-0.25, -0.2) is 4.79 Å². The van der Waals surface area contributed by atoms with Gasteiger partial charge in [-0.15, -0.1) is 0 Å². The first kappa shape index (κ1) is 25.0. The lowest BCUT2D eigenvalue weighted by atomic mass is 9.70. The zero-order valence-corrected chi connectivity index (χ0v) is 21.8. The van der Waals surface area contributed by atoms with Gasteiger partial charge in [-0.1, -0.05) is 78.9 Å². The molecule has 2 N–H and O–H groups in total. The third kappa shape index (κ3) is 4.46. The van der Waals surface area contributed by atoms with Crippen LogP contribution in [0.2, 0.25) is 0 Å². The van der Waals surface area contributed by atoms with Crippen molar-refractivity contribution < 1.29 is 19.8 Å². The second-order valence-corrected chi connectivity index (χ2v) is 11.4. The molecule has 36 heavy (non-hydrogen) atoms. The number of amides is 1. The number of carbonyl (C=O) groups excluding carboxylic acids is 1. The smallest absolute Gasteiger partial charge is 0.352 e. The summed E-state index contributed by atoms with van der Waals surface area (Å²) in [6.45, 7) is 2.27. The second-order valence-electron chi connectivity index (χ2n) is 9.79. The lowest BCUT2D eigenvalue weighted by Crippen LogP contribution is -2.64. The molecule has 2 aliphatic heterocycles. The van der Waals surface area contributed by atoms with Crippen molar-refractivity contribution in [3.63, 3.8) is 0 Å². The SMILES string of the molecule is C[C@@H](O)[C@H]1C(=O)N2C(C(=O)O)=C3[C@H](CSC(=S)N(Cc4ccccc4)c4ccccc4)CCC[C@@H]3[C@H]12. The molecule has 2 aromatic rings. The molecular weight excluding hydrogens is 492 g/mol. The molecule has 2 aromatic carbocycles. The number of thioether (sulfide) groups is 1. The molecular formula is C28H30N2O4S2. The van der Waals surface area contributed by atoms with Crippen molar-refractivity contribution in [2.75, 3.05) is 10.7 Å². The standard InChI is InChI=1S/C28H30N2O4S2/c1-17(31)22-24-21-14-8-11-19(23(21)25(27(33)34)30(24)26(22)32)16-36-28(35)29(20-12-6-3-7-13-20)15-18-9-4-2-5-10-18/h2-7,9-10,12-13,17,19,21-22,24,31H,8,11,14-16H2,1H3,(H,33,34)/t17-,19+,21+,22-,24-/m1/s1. The predicted molar refractivity (Wildman–Crippen MR) is 145 cm³/mol. The minimum Gasteiger partial charge on any atom is -0.477 e. The Morgan fingerprint density at radius 2 is 1.81 bits per heavy atom. The van der Waals surface area contributed by atoms with E-state index in [-0.39, 0.29) is 29.5 Å². The summed E-state index contributed by atoms with van der Waals surface area (Å²) in [5, 5.41) is 20.3.